The van der Waals surface area contributed by atoms with Crippen molar-refractivity contribution in [3.63, 3.8) is 0 Å². The van der Waals surface area contributed by atoms with E-state index in [9.17, 15) is 18.0 Å². The van der Waals surface area contributed by atoms with Gasteiger partial charge in [0.25, 0.3) is 0 Å². The lowest BCUT2D eigenvalue weighted by Gasteiger charge is -2.11. The maximum absolute atomic E-state index is 13.0. The van der Waals surface area contributed by atoms with Crippen LogP contribution in [0.2, 0.25) is 0 Å². The zero-order chi connectivity index (χ0) is 18.0. The molecule has 0 aliphatic rings. The maximum Gasteiger partial charge on any atom is 0.417 e. The van der Waals surface area contributed by atoms with Crippen LogP contribution in [0.5, 0.6) is 5.75 Å². The minimum Gasteiger partial charge on any atom is -0.489 e. The molecule has 1 aromatic heterocycles. The fraction of sp³-hybridized carbons (Fsp3) is 0.111. The zero-order valence-electron chi connectivity index (χ0n) is 12.6. The number of rotatable bonds is 3. The Balaban J connectivity index is 1.88. The van der Waals surface area contributed by atoms with E-state index in [0.717, 1.165) is 5.56 Å². The summed E-state index contributed by atoms with van der Waals surface area (Å²) in [6.07, 6.45) is -4.65. The molecular formula is C18H10F3NO3. The van der Waals surface area contributed by atoms with Crippen LogP contribution in [-0.2, 0) is 12.8 Å². The summed E-state index contributed by atoms with van der Waals surface area (Å²) in [6, 6.07) is 12.9. The molecule has 0 fully saturated rings. The third kappa shape index (κ3) is 3.63. The molecule has 0 spiro atoms. The van der Waals surface area contributed by atoms with Crippen molar-refractivity contribution in [3.05, 3.63) is 75.6 Å². The first-order valence-corrected chi connectivity index (χ1v) is 7.14. The molecule has 0 amide bonds. The lowest BCUT2D eigenvalue weighted by atomic mass is 10.1. The third-order valence-corrected chi connectivity index (χ3v) is 3.51. The Bertz CT molecular complexity index is 1010. The summed E-state index contributed by atoms with van der Waals surface area (Å²) in [5.74, 6) is 0.263. The lowest BCUT2D eigenvalue weighted by molar-refractivity contribution is -0.136. The van der Waals surface area contributed by atoms with E-state index < -0.39 is 17.4 Å². The second-order valence-corrected chi connectivity index (χ2v) is 5.23. The zero-order valence-corrected chi connectivity index (χ0v) is 12.6. The van der Waals surface area contributed by atoms with Gasteiger partial charge in [-0.15, -0.1) is 0 Å². The Kier molecular flexibility index (Phi) is 4.19. The number of ether oxygens (including phenoxy) is 1. The molecule has 2 aromatic carbocycles. The Labute approximate surface area is 139 Å². The molecule has 1 heterocycles. The number of benzene rings is 2. The molecule has 0 saturated carbocycles. The van der Waals surface area contributed by atoms with E-state index in [-0.39, 0.29) is 23.3 Å². The van der Waals surface area contributed by atoms with E-state index in [4.69, 9.17) is 14.4 Å². The summed E-state index contributed by atoms with van der Waals surface area (Å²) in [5.41, 5.74) is -1.03. The van der Waals surface area contributed by atoms with Crippen molar-refractivity contribution in [1.82, 2.24) is 0 Å². The average molecular weight is 345 g/mol. The first-order chi connectivity index (χ1) is 11.9. The van der Waals surface area contributed by atoms with Crippen LogP contribution >= 0.6 is 0 Å². The number of halogens is 3. The van der Waals surface area contributed by atoms with Gasteiger partial charge in [0.2, 0.25) is 0 Å². The summed E-state index contributed by atoms with van der Waals surface area (Å²) in [5, 5.41) is 8.53. The minimum atomic E-state index is -4.65. The summed E-state index contributed by atoms with van der Waals surface area (Å²) in [4.78, 5) is 11.4. The van der Waals surface area contributed by atoms with Crippen molar-refractivity contribution in [2.45, 2.75) is 12.8 Å². The Morgan fingerprint density at radius 2 is 1.80 bits per heavy atom. The van der Waals surface area contributed by atoms with E-state index >= 15 is 0 Å². The lowest BCUT2D eigenvalue weighted by Crippen LogP contribution is -2.11. The van der Waals surface area contributed by atoms with Crippen molar-refractivity contribution in [2.24, 2.45) is 0 Å². The highest BCUT2D eigenvalue weighted by atomic mass is 19.4. The normalized spacial score (nSPS) is 11.3. The molecule has 0 saturated heterocycles. The summed E-state index contributed by atoms with van der Waals surface area (Å²) < 4.78 is 49.3. The highest BCUT2D eigenvalue weighted by Crippen LogP contribution is 2.34. The highest BCUT2D eigenvalue weighted by Gasteiger charge is 2.33. The van der Waals surface area contributed by atoms with Crippen LogP contribution < -0.4 is 10.4 Å². The van der Waals surface area contributed by atoms with E-state index in [1.165, 1.54) is 18.2 Å². The van der Waals surface area contributed by atoms with Crippen LogP contribution in [0.15, 0.2) is 57.7 Å². The van der Waals surface area contributed by atoms with Gasteiger partial charge < -0.3 is 9.15 Å². The standard InChI is InChI=1S/C18H10F3NO3/c19-18(20,21)15-8-17(23)25-16-7-13(5-6-14(15)16)24-10-12-3-1-11(9-22)2-4-12/h1-8H,10H2. The minimum absolute atomic E-state index is 0.153. The molecule has 0 bridgehead atoms. The van der Waals surface area contributed by atoms with Gasteiger partial charge in [0.1, 0.15) is 17.9 Å². The van der Waals surface area contributed by atoms with Crippen LogP contribution in [0, 0.1) is 11.3 Å². The van der Waals surface area contributed by atoms with E-state index in [0.29, 0.717) is 11.6 Å². The van der Waals surface area contributed by atoms with Crippen LogP contribution in [0.4, 0.5) is 13.2 Å². The molecule has 3 aromatic rings. The predicted molar refractivity (Wildman–Crippen MR) is 83.0 cm³/mol. The van der Waals surface area contributed by atoms with Gasteiger partial charge >= 0.3 is 11.8 Å². The van der Waals surface area contributed by atoms with Gasteiger partial charge in [-0.25, -0.2) is 4.79 Å². The summed E-state index contributed by atoms with van der Waals surface area (Å²) in [6.45, 7) is 0.153. The van der Waals surface area contributed by atoms with Crippen LogP contribution in [0.25, 0.3) is 11.0 Å². The fourth-order valence-electron chi connectivity index (χ4n) is 2.31. The van der Waals surface area contributed by atoms with E-state index in [1.807, 2.05) is 6.07 Å². The smallest absolute Gasteiger partial charge is 0.417 e. The maximum atomic E-state index is 13.0. The van der Waals surface area contributed by atoms with Crippen molar-refractivity contribution < 1.29 is 22.3 Å². The Morgan fingerprint density at radius 1 is 1.08 bits per heavy atom. The van der Waals surface area contributed by atoms with Gasteiger partial charge in [0.05, 0.1) is 17.2 Å². The van der Waals surface area contributed by atoms with Gasteiger partial charge in [-0.05, 0) is 29.8 Å². The van der Waals surface area contributed by atoms with Crippen molar-refractivity contribution in [2.75, 3.05) is 0 Å². The number of hydrogen-bond acceptors (Lipinski definition) is 4. The number of alkyl halides is 3. The number of fused-ring (bicyclic) bond motifs is 1. The van der Waals surface area contributed by atoms with Crippen molar-refractivity contribution in [1.29, 1.82) is 5.26 Å². The van der Waals surface area contributed by atoms with Gasteiger partial charge in [0.15, 0.2) is 0 Å². The van der Waals surface area contributed by atoms with Crippen LogP contribution in [0.1, 0.15) is 16.7 Å². The molecule has 0 unspecified atom stereocenters. The van der Waals surface area contributed by atoms with Gasteiger partial charge in [0, 0.05) is 17.5 Å². The van der Waals surface area contributed by atoms with Crippen LogP contribution in [-0.4, -0.2) is 0 Å². The molecule has 0 radical (unpaired) electrons. The van der Waals surface area contributed by atoms with Gasteiger partial charge in [-0.2, -0.15) is 18.4 Å². The second-order valence-electron chi connectivity index (χ2n) is 5.23. The number of nitriles is 1. The SMILES string of the molecule is N#Cc1ccc(COc2ccc3c(C(F)(F)F)cc(=O)oc3c2)cc1. The fourth-order valence-corrected chi connectivity index (χ4v) is 2.31. The molecule has 0 aliphatic carbocycles. The molecule has 0 atom stereocenters. The molecule has 7 heteroatoms. The average Bonchev–Trinajstić information content (AvgIpc) is 2.58. The molecular weight excluding hydrogens is 335 g/mol. The van der Waals surface area contributed by atoms with Gasteiger partial charge in [-0.3, -0.25) is 0 Å². The molecule has 0 aliphatic heterocycles. The van der Waals surface area contributed by atoms with Crippen LogP contribution in [0.3, 0.4) is 0 Å². The molecule has 3 rings (SSSR count). The monoisotopic (exact) mass is 345 g/mol. The van der Waals surface area contributed by atoms with Gasteiger partial charge in [-0.1, -0.05) is 12.1 Å². The topological polar surface area (TPSA) is 63.2 Å². The number of hydrogen-bond donors (Lipinski definition) is 0. The predicted octanol–water partition coefficient (Wildman–Crippen LogP) is 4.26. The van der Waals surface area contributed by atoms with Crippen molar-refractivity contribution in [3.8, 4) is 11.8 Å². The summed E-state index contributed by atoms with van der Waals surface area (Å²) in [7, 11) is 0. The second kappa shape index (κ2) is 6.32. The number of nitrogens with zero attached hydrogens (tertiary/aromatic N) is 1. The Morgan fingerprint density at radius 3 is 2.44 bits per heavy atom. The Hall–Kier alpha value is -3.27. The largest absolute Gasteiger partial charge is 0.489 e. The van der Waals surface area contributed by atoms with E-state index in [1.54, 1.807) is 24.3 Å². The van der Waals surface area contributed by atoms with Crippen molar-refractivity contribution >= 4 is 11.0 Å². The molecule has 4 nitrogen and oxygen atoms in total. The first kappa shape index (κ1) is 16.6. The third-order valence-electron chi connectivity index (χ3n) is 3.51. The quantitative estimate of drug-likeness (QED) is 0.665. The van der Waals surface area contributed by atoms with E-state index in [2.05, 4.69) is 0 Å². The summed E-state index contributed by atoms with van der Waals surface area (Å²) >= 11 is 0. The molecule has 126 valence electrons. The highest BCUT2D eigenvalue weighted by molar-refractivity contribution is 5.82. The first-order valence-electron chi connectivity index (χ1n) is 7.14. The molecule has 25 heavy (non-hydrogen) atoms. The molecule has 0 N–H and O–H groups in total.